The highest BCUT2D eigenvalue weighted by molar-refractivity contribution is 5.39. The van der Waals surface area contributed by atoms with Gasteiger partial charge in [-0.15, -0.1) is 0 Å². The van der Waals surface area contributed by atoms with Gasteiger partial charge in [0.25, 0.3) is 0 Å². The maximum Gasteiger partial charge on any atom is 0.0407 e. The number of rotatable bonds is 0. The molecule has 0 atom stereocenters. The first kappa shape index (κ1) is 79.4. The second-order valence-electron chi connectivity index (χ2n) is 24.7. The van der Waals surface area contributed by atoms with Gasteiger partial charge < -0.3 is 0 Å². The summed E-state index contributed by atoms with van der Waals surface area (Å²) < 4.78 is 0. The van der Waals surface area contributed by atoms with E-state index >= 15 is 0 Å². The van der Waals surface area contributed by atoms with Crippen molar-refractivity contribution in [3.8, 4) is 0 Å². The molecule has 0 fully saturated rings. The first-order valence-electron chi connectivity index (χ1n) is 31.3. The first-order chi connectivity index (χ1) is 41.1. The smallest absolute Gasteiger partial charge is 0.0407 e. The summed E-state index contributed by atoms with van der Waals surface area (Å²) in [5, 5.41) is 0. The Morgan fingerprint density at radius 3 is 0.629 bits per heavy atom. The minimum Gasteiger partial charge on any atom is -0.264 e. The zero-order chi connectivity index (χ0) is 68.6. The van der Waals surface area contributed by atoms with Crippen LogP contribution in [0.15, 0.2) is 61.2 Å². The highest BCUT2D eigenvalue weighted by Crippen LogP contribution is 2.20. The fourth-order valence-electron chi connectivity index (χ4n) is 9.28. The molecule has 9 nitrogen and oxygen atoms in total. The van der Waals surface area contributed by atoms with Gasteiger partial charge in [-0.05, 0) is 383 Å². The lowest BCUT2D eigenvalue weighted by atomic mass is 10.0. The second kappa shape index (κ2) is 37.4. The van der Waals surface area contributed by atoms with Crippen LogP contribution in [0.5, 0.6) is 0 Å². The minimum atomic E-state index is 1.10. The van der Waals surface area contributed by atoms with Gasteiger partial charge in [0.15, 0.2) is 0 Å². The molecule has 480 valence electrons. The number of hydrogen-bond donors (Lipinski definition) is 0. The van der Waals surface area contributed by atoms with Gasteiger partial charge in [0, 0.05) is 105 Å². The Balaban J connectivity index is 0.000000501. The molecule has 0 aliphatic carbocycles. The third-order valence-corrected chi connectivity index (χ3v) is 17.3. The van der Waals surface area contributed by atoms with Crippen molar-refractivity contribution in [3.05, 3.63) is 258 Å². The van der Waals surface area contributed by atoms with Crippen LogP contribution >= 0.6 is 0 Å². The fraction of sp³-hybridized carbons (Fsp3) is 0.438. The Morgan fingerprint density at radius 2 is 0.416 bits per heavy atom. The van der Waals surface area contributed by atoms with E-state index in [1.807, 2.05) is 66.3 Å². The van der Waals surface area contributed by atoms with E-state index in [1.54, 1.807) is 0 Å². The summed E-state index contributed by atoms with van der Waals surface area (Å²) in [5.74, 6) is 0. The highest BCUT2D eigenvalue weighted by Gasteiger charge is 2.07. The molecule has 0 saturated heterocycles. The molecule has 0 aromatic carbocycles. The van der Waals surface area contributed by atoms with Gasteiger partial charge >= 0.3 is 0 Å². The van der Waals surface area contributed by atoms with Crippen molar-refractivity contribution >= 4 is 0 Å². The molecule has 0 radical (unpaired) electrons. The SMILES string of the molecule is Cc1cc(C)c(C)c(C)n1.Cc1cc(C)c(C)c(C)n1.Cc1cc(C)nc(C)c1.Cc1cnc(C)c(C)c1.Cc1cnc(C)c(C)c1.Cc1cncc(C)c1C.Cc1nc(C)c(C)c(C)c1C.Cc1nc(C)c(C)c(C)c1C.Cc1nc(C)c(C)c(C)c1C. The molecule has 0 amide bonds. The molecular formula is C80H115N9. The quantitative estimate of drug-likeness (QED) is 0.146. The molecule has 9 heterocycles. The largest absolute Gasteiger partial charge is 0.264 e. The zero-order valence-corrected chi connectivity index (χ0v) is 62.3. The Kier molecular flexibility index (Phi) is 33.3. The molecule has 0 aliphatic rings. The summed E-state index contributed by atoms with van der Waals surface area (Å²) in [5.41, 5.74) is 43.5. The van der Waals surface area contributed by atoms with Crippen molar-refractivity contribution in [2.75, 3.05) is 0 Å². The lowest BCUT2D eigenvalue weighted by Crippen LogP contribution is -1.98. The lowest BCUT2D eigenvalue weighted by molar-refractivity contribution is 1.03. The Morgan fingerprint density at radius 1 is 0.169 bits per heavy atom. The summed E-state index contributed by atoms with van der Waals surface area (Å²) >= 11 is 0. The van der Waals surface area contributed by atoms with Gasteiger partial charge in [-0.1, -0.05) is 12.1 Å². The zero-order valence-electron chi connectivity index (χ0n) is 62.3. The van der Waals surface area contributed by atoms with Crippen LogP contribution in [-0.4, -0.2) is 44.9 Å². The average molecular weight is 1200 g/mol. The van der Waals surface area contributed by atoms with Crippen LogP contribution in [0.1, 0.15) is 197 Å². The topological polar surface area (TPSA) is 116 Å². The van der Waals surface area contributed by atoms with Crippen molar-refractivity contribution in [3.63, 3.8) is 0 Å². The van der Waals surface area contributed by atoms with Crippen LogP contribution in [0.25, 0.3) is 0 Å². The molecule has 9 heteroatoms. The van der Waals surface area contributed by atoms with E-state index in [9.17, 15) is 0 Å². The molecule has 0 N–H and O–H groups in total. The van der Waals surface area contributed by atoms with Crippen LogP contribution in [0.4, 0.5) is 0 Å². The van der Waals surface area contributed by atoms with E-state index < -0.39 is 0 Å². The summed E-state index contributed by atoms with van der Waals surface area (Å²) in [7, 11) is 0. The second-order valence-corrected chi connectivity index (χ2v) is 24.7. The summed E-state index contributed by atoms with van der Waals surface area (Å²) in [4.78, 5) is 38.6. The van der Waals surface area contributed by atoms with Gasteiger partial charge in [-0.2, -0.15) is 0 Å². The predicted molar refractivity (Wildman–Crippen MR) is 384 cm³/mol. The number of aryl methyl sites for hydroxylation is 23. The van der Waals surface area contributed by atoms with Crippen LogP contribution in [0.3, 0.4) is 0 Å². The highest BCUT2D eigenvalue weighted by atomic mass is 14.7. The van der Waals surface area contributed by atoms with Crippen LogP contribution in [0, 0.1) is 242 Å². The molecule has 89 heavy (non-hydrogen) atoms. The molecule has 0 aliphatic heterocycles. The van der Waals surface area contributed by atoms with E-state index in [0.29, 0.717) is 0 Å². The molecule has 9 aromatic rings. The maximum atomic E-state index is 4.43. The maximum absolute atomic E-state index is 4.43. The van der Waals surface area contributed by atoms with Crippen LogP contribution in [-0.2, 0) is 0 Å². The van der Waals surface area contributed by atoms with Crippen LogP contribution in [0.2, 0.25) is 0 Å². The number of pyridine rings is 9. The molecule has 0 spiro atoms. The molecule has 0 saturated carbocycles. The molecule has 9 aromatic heterocycles. The molecule has 9 rings (SSSR count). The van der Waals surface area contributed by atoms with Gasteiger partial charge in [0.2, 0.25) is 0 Å². The summed E-state index contributed by atoms with van der Waals surface area (Å²) in [6.45, 7) is 73.0. The van der Waals surface area contributed by atoms with E-state index in [2.05, 4.69) is 282 Å². The van der Waals surface area contributed by atoms with Gasteiger partial charge in [-0.3, -0.25) is 44.9 Å². The van der Waals surface area contributed by atoms with Gasteiger partial charge in [0.1, 0.15) is 0 Å². The normalized spacial score (nSPS) is 9.97. The van der Waals surface area contributed by atoms with Crippen molar-refractivity contribution in [1.29, 1.82) is 0 Å². The van der Waals surface area contributed by atoms with E-state index in [1.165, 1.54) is 117 Å². The molecular weight excluding hydrogens is 1090 g/mol. The van der Waals surface area contributed by atoms with E-state index in [-0.39, 0.29) is 0 Å². The Bertz CT molecular complexity index is 3340. The van der Waals surface area contributed by atoms with Crippen LogP contribution < -0.4 is 0 Å². The standard InChI is InChI=1S/3C10H15N.2C9H13N.4C8H11N/c3*1-6-7(2)9(4)11-10(5)8(6)3;2*1-6-5-7(2)10-9(4)8(6)3;1-6-4-9-5-7(2)8(6)3;2*1-6-4-7(2)8(3)9-5-6;1-6-4-7(2)9-8(3)5-6/h3*1-5H3;2*5H,1-4H3;4*4-5H,1-3H3. The summed E-state index contributed by atoms with van der Waals surface area (Å²) in [6, 6.07) is 12.7. The van der Waals surface area contributed by atoms with E-state index in [4.69, 9.17) is 0 Å². The van der Waals surface area contributed by atoms with E-state index in [0.717, 1.165) is 79.7 Å². The monoisotopic (exact) mass is 1200 g/mol. The minimum absolute atomic E-state index is 1.10. The predicted octanol–water partition coefficient (Wildman–Crippen LogP) is 20.5. The third kappa shape index (κ3) is 26.5. The van der Waals surface area contributed by atoms with Gasteiger partial charge in [-0.25, -0.2) is 0 Å². The molecule has 0 bridgehead atoms. The van der Waals surface area contributed by atoms with Crippen molar-refractivity contribution in [1.82, 2.24) is 44.9 Å². The van der Waals surface area contributed by atoms with Crippen molar-refractivity contribution < 1.29 is 0 Å². The lowest BCUT2D eigenvalue weighted by Gasteiger charge is -2.09. The number of nitrogens with zero attached hydrogens (tertiary/aromatic N) is 9. The Labute approximate surface area is 542 Å². The number of aromatic nitrogens is 9. The number of hydrogen-bond acceptors (Lipinski definition) is 9. The molecule has 0 unspecified atom stereocenters. The first-order valence-corrected chi connectivity index (χ1v) is 31.3. The van der Waals surface area contributed by atoms with Gasteiger partial charge in [0.05, 0.1) is 0 Å². The summed E-state index contributed by atoms with van der Waals surface area (Å²) in [6.07, 6.45) is 7.56. The fourth-order valence-corrected chi connectivity index (χ4v) is 9.28. The van der Waals surface area contributed by atoms with Crippen molar-refractivity contribution in [2.45, 2.75) is 242 Å². The average Bonchev–Trinajstić information content (AvgIpc) is 3.30. The third-order valence-electron chi connectivity index (χ3n) is 17.3. The Hall–Kier alpha value is -7.65. The van der Waals surface area contributed by atoms with Crippen molar-refractivity contribution in [2.24, 2.45) is 0 Å².